The van der Waals surface area contributed by atoms with Gasteiger partial charge in [0.25, 0.3) is 0 Å². The van der Waals surface area contributed by atoms with Gasteiger partial charge in [0.15, 0.2) is 0 Å². The zero-order valence-corrected chi connectivity index (χ0v) is 9.56. The standard InChI is InChI=1S/C11H13NO2S/c1-8-4-3-5-10-11(8)9(6-12-2)7-15(10,13)14/h3-5,7,12H,6H2,1-2H3. The fourth-order valence-corrected chi connectivity index (χ4v) is 3.47. The van der Waals surface area contributed by atoms with Gasteiger partial charge in [0.05, 0.1) is 4.90 Å². The van der Waals surface area contributed by atoms with Crippen molar-refractivity contribution in [3.63, 3.8) is 0 Å². The summed E-state index contributed by atoms with van der Waals surface area (Å²) in [6.45, 7) is 2.51. The molecular formula is C11H13NO2S. The Morgan fingerprint density at radius 1 is 1.33 bits per heavy atom. The van der Waals surface area contributed by atoms with Crippen LogP contribution in [0.2, 0.25) is 0 Å². The number of fused-ring (bicyclic) bond motifs is 1. The van der Waals surface area contributed by atoms with Gasteiger partial charge in [0.2, 0.25) is 9.84 Å². The van der Waals surface area contributed by atoms with E-state index in [0.29, 0.717) is 11.4 Å². The predicted molar refractivity (Wildman–Crippen MR) is 60.3 cm³/mol. The number of rotatable bonds is 2. The van der Waals surface area contributed by atoms with Gasteiger partial charge in [-0.1, -0.05) is 12.1 Å². The third-order valence-electron chi connectivity index (χ3n) is 2.53. The molecule has 0 aromatic heterocycles. The van der Waals surface area contributed by atoms with Gasteiger partial charge in [0, 0.05) is 17.5 Å². The Balaban J connectivity index is 2.69. The highest BCUT2D eigenvalue weighted by atomic mass is 32.2. The summed E-state index contributed by atoms with van der Waals surface area (Å²) in [7, 11) is -1.39. The van der Waals surface area contributed by atoms with Crippen molar-refractivity contribution in [1.29, 1.82) is 0 Å². The van der Waals surface area contributed by atoms with Crippen molar-refractivity contribution in [3.8, 4) is 0 Å². The number of likely N-dealkylation sites (N-methyl/N-ethyl adjacent to an activating group) is 1. The highest BCUT2D eigenvalue weighted by Gasteiger charge is 2.27. The zero-order chi connectivity index (χ0) is 11.1. The lowest BCUT2D eigenvalue weighted by molar-refractivity contribution is 0.605. The molecule has 2 rings (SSSR count). The smallest absolute Gasteiger partial charge is 0.200 e. The molecule has 0 fully saturated rings. The molecule has 0 amide bonds. The molecule has 3 nitrogen and oxygen atoms in total. The van der Waals surface area contributed by atoms with Crippen molar-refractivity contribution in [2.45, 2.75) is 11.8 Å². The van der Waals surface area contributed by atoms with E-state index in [4.69, 9.17) is 0 Å². The summed E-state index contributed by atoms with van der Waals surface area (Å²) in [6.07, 6.45) is 0. The van der Waals surface area contributed by atoms with Gasteiger partial charge in [-0.2, -0.15) is 0 Å². The summed E-state index contributed by atoms with van der Waals surface area (Å²) in [5.41, 5.74) is 2.73. The third-order valence-corrected chi connectivity index (χ3v) is 4.07. The van der Waals surface area contributed by atoms with Crippen LogP contribution in [0, 0.1) is 6.92 Å². The topological polar surface area (TPSA) is 46.2 Å². The lowest BCUT2D eigenvalue weighted by Crippen LogP contribution is -2.09. The van der Waals surface area contributed by atoms with Gasteiger partial charge in [-0.15, -0.1) is 0 Å². The Morgan fingerprint density at radius 2 is 2.07 bits per heavy atom. The first-order valence-corrected chi connectivity index (χ1v) is 6.31. The molecule has 0 bridgehead atoms. The SMILES string of the molecule is CNCC1=CS(=O)(=O)c2cccc(C)c21. The molecule has 0 saturated heterocycles. The van der Waals surface area contributed by atoms with Crippen LogP contribution < -0.4 is 5.32 Å². The number of hydrogen-bond acceptors (Lipinski definition) is 3. The van der Waals surface area contributed by atoms with E-state index in [0.717, 1.165) is 16.7 Å². The summed E-state index contributed by atoms with van der Waals surface area (Å²) < 4.78 is 23.6. The van der Waals surface area contributed by atoms with Gasteiger partial charge < -0.3 is 5.32 Å². The molecule has 80 valence electrons. The lowest BCUT2D eigenvalue weighted by atomic mass is 10.0. The zero-order valence-electron chi connectivity index (χ0n) is 8.74. The van der Waals surface area contributed by atoms with Crippen molar-refractivity contribution in [1.82, 2.24) is 5.32 Å². The molecule has 1 aliphatic rings. The van der Waals surface area contributed by atoms with Gasteiger partial charge in [-0.3, -0.25) is 0 Å². The number of sulfone groups is 1. The van der Waals surface area contributed by atoms with E-state index in [2.05, 4.69) is 5.32 Å². The van der Waals surface area contributed by atoms with Crippen LogP contribution in [0.3, 0.4) is 0 Å². The Kier molecular flexibility index (Phi) is 2.40. The van der Waals surface area contributed by atoms with Crippen molar-refractivity contribution in [3.05, 3.63) is 34.7 Å². The molecule has 4 heteroatoms. The van der Waals surface area contributed by atoms with E-state index in [1.807, 2.05) is 20.0 Å². The number of hydrogen-bond donors (Lipinski definition) is 1. The maximum atomic E-state index is 11.8. The van der Waals surface area contributed by atoms with Crippen LogP contribution in [0.4, 0.5) is 0 Å². The number of benzene rings is 1. The molecule has 1 aliphatic heterocycles. The minimum Gasteiger partial charge on any atom is -0.316 e. The molecule has 15 heavy (non-hydrogen) atoms. The second-order valence-corrected chi connectivity index (χ2v) is 5.43. The second kappa shape index (κ2) is 3.47. The molecule has 1 heterocycles. The van der Waals surface area contributed by atoms with E-state index in [1.165, 1.54) is 5.41 Å². The quantitative estimate of drug-likeness (QED) is 0.823. The largest absolute Gasteiger partial charge is 0.316 e. The molecule has 0 unspecified atom stereocenters. The average Bonchev–Trinajstić information content (AvgIpc) is 2.41. The summed E-state index contributed by atoms with van der Waals surface area (Å²) in [6, 6.07) is 5.38. The van der Waals surface area contributed by atoms with Gasteiger partial charge in [-0.25, -0.2) is 8.42 Å². The first-order valence-electron chi connectivity index (χ1n) is 4.76. The lowest BCUT2D eigenvalue weighted by Gasteiger charge is -2.06. The normalized spacial score (nSPS) is 17.3. The minimum atomic E-state index is -3.20. The third kappa shape index (κ3) is 1.60. The van der Waals surface area contributed by atoms with E-state index in [9.17, 15) is 8.42 Å². The first-order chi connectivity index (χ1) is 7.06. The Hall–Kier alpha value is -1.13. The molecule has 0 radical (unpaired) electrons. The van der Waals surface area contributed by atoms with Crippen LogP contribution in [0.15, 0.2) is 28.5 Å². The van der Waals surface area contributed by atoms with Crippen LogP contribution in [0.25, 0.3) is 5.57 Å². The van der Waals surface area contributed by atoms with E-state index in [1.54, 1.807) is 12.1 Å². The van der Waals surface area contributed by atoms with Crippen LogP contribution in [0.1, 0.15) is 11.1 Å². The van der Waals surface area contributed by atoms with Gasteiger partial charge in [0.1, 0.15) is 0 Å². The van der Waals surface area contributed by atoms with Crippen molar-refractivity contribution in [2.24, 2.45) is 0 Å². The highest BCUT2D eigenvalue weighted by molar-refractivity contribution is 7.95. The number of nitrogens with one attached hydrogen (secondary N) is 1. The molecule has 1 N–H and O–H groups in total. The van der Waals surface area contributed by atoms with E-state index in [-0.39, 0.29) is 0 Å². The Bertz CT molecular complexity index is 530. The predicted octanol–water partition coefficient (Wildman–Crippen LogP) is 1.34. The Labute approximate surface area is 89.7 Å². The van der Waals surface area contributed by atoms with Crippen molar-refractivity contribution in [2.75, 3.05) is 13.6 Å². The van der Waals surface area contributed by atoms with Gasteiger partial charge in [-0.05, 0) is 31.2 Å². The monoisotopic (exact) mass is 223 g/mol. The first kappa shape index (κ1) is 10.4. The fourth-order valence-electron chi connectivity index (χ4n) is 1.92. The molecule has 0 aliphatic carbocycles. The van der Waals surface area contributed by atoms with Crippen LogP contribution in [0.5, 0.6) is 0 Å². The molecule has 1 aromatic rings. The second-order valence-electron chi connectivity index (χ2n) is 3.67. The molecule has 1 aromatic carbocycles. The van der Waals surface area contributed by atoms with Gasteiger partial charge >= 0.3 is 0 Å². The van der Waals surface area contributed by atoms with Crippen LogP contribution in [-0.2, 0) is 9.84 Å². The molecule has 0 spiro atoms. The summed E-state index contributed by atoms with van der Waals surface area (Å²) in [4.78, 5) is 0.438. The average molecular weight is 223 g/mol. The van der Waals surface area contributed by atoms with E-state index >= 15 is 0 Å². The van der Waals surface area contributed by atoms with Crippen LogP contribution in [-0.4, -0.2) is 22.0 Å². The fraction of sp³-hybridized carbons (Fsp3) is 0.273. The molecule has 0 saturated carbocycles. The van der Waals surface area contributed by atoms with E-state index < -0.39 is 9.84 Å². The maximum Gasteiger partial charge on any atom is 0.200 e. The molecule has 0 atom stereocenters. The highest BCUT2D eigenvalue weighted by Crippen LogP contribution is 2.34. The summed E-state index contributed by atoms with van der Waals surface area (Å²) in [5.74, 6) is 0. The number of aryl methyl sites for hydroxylation is 1. The van der Waals surface area contributed by atoms with Crippen molar-refractivity contribution >= 4 is 15.4 Å². The summed E-state index contributed by atoms with van der Waals surface area (Å²) in [5, 5.41) is 4.35. The van der Waals surface area contributed by atoms with Crippen LogP contribution >= 0.6 is 0 Å². The summed E-state index contributed by atoms with van der Waals surface area (Å²) >= 11 is 0. The van der Waals surface area contributed by atoms with Crippen molar-refractivity contribution < 1.29 is 8.42 Å². The Morgan fingerprint density at radius 3 is 2.73 bits per heavy atom. The minimum absolute atomic E-state index is 0.438. The maximum absolute atomic E-state index is 11.8. The molecular weight excluding hydrogens is 210 g/mol.